The number of pyridine rings is 1. The molecule has 4 nitrogen and oxygen atoms in total. The van der Waals surface area contributed by atoms with E-state index >= 15 is 0 Å². The van der Waals surface area contributed by atoms with Crippen molar-refractivity contribution in [2.75, 3.05) is 13.2 Å². The second kappa shape index (κ2) is 6.83. The molecule has 0 bridgehead atoms. The first-order chi connectivity index (χ1) is 10.7. The first-order valence-corrected chi connectivity index (χ1v) is 11.3. The summed E-state index contributed by atoms with van der Waals surface area (Å²) in [6.07, 6.45) is 5.67. The number of ether oxygens (including phenoxy) is 1. The Hall–Kier alpha value is -1.04. The summed E-state index contributed by atoms with van der Waals surface area (Å²) in [5.74, 6) is 0.166. The number of Topliss-reactive ketones (excluding diaryl/α,β-unsaturated/α-hetero) is 1. The van der Waals surface area contributed by atoms with Crippen LogP contribution in [0.4, 0.5) is 0 Å². The molecule has 1 aromatic rings. The number of carbonyl (C=O) groups is 1. The highest BCUT2D eigenvalue weighted by Gasteiger charge is 2.41. The van der Waals surface area contributed by atoms with Gasteiger partial charge in [-0.3, -0.25) is 9.78 Å². The number of nitrogens with zero attached hydrogens (tertiary/aromatic N) is 1. The topological polar surface area (TPSA) is 48.4 Å². The molecule has 1 atom stereocenters. The Morgan fingerprint density at radius 2 is 2.13 bits per heavy atom. The molecule has 5 heteroatoms. The minimum Gasteiger partial charge on any atom is -0.417 e. The van der Waals surface area contributed by atoms with Crippen LogP contribution >= 0.6 is 0 Å². The SMILES string of the molecule is CC(C)(C)[Si](C)(C)OCCCC1(c2cccnc2)CC(=O)CO1. The molecule has 1 saturated heterocycles. The molecule has 0 saturated carbocycles. The van der Waals surface area contributed by atoms with Crippen LogP contribution < -0.4 is 0 Å². The molecule has 23 heavy (non-hydrogen) atoms. The zero-order valence-corrected chi connectivity index (χ0v) is 16.0. The van der Waals surface area contributed by atoms with Gasteiger partial charge < -0.3 is 9.16 Å². The van der Waals surface area contributed by atoms with Gasteiger partial charge in [0.15, 0.2) is 14.1 Å². The molecular weight excluding hydrogens is 306 g/mol. The third-order valence-electron chi connectivity index (χ3n) is 5.17. The monoisotopic (exact) mass is 335 g/mol. The minimum absolute atomic E-state index is 0.166. The van der Waals surface area contributed by atoms with Crippen LogP contribution in [0.15, 0.2) is 24.5 Å². The number of hydrogen-bond donors (Lipinski definition) is 0. The van der Waals surface area contributed by atoms with Crippen molar-refractivity contribution >= 4 is 14.1 Å². The molecule has 1 aliphatic rings. The molecule has 2 rings (SSSR count). The van der Waals surface area contributed by atoms with E-state index in [0.717, 1.165) is 25.0 Å². The highest BCUT2D eigenvalue weighted by Crippen LogP contribution is 2.40. The number of carbonyl (C=O) groups excluding carboxylic acids is 1. The van der Waals surface area contributed by atoms with Gasteiger partial charge in [0.25, 0.3) is 0 Å². The molecule has 1 unspecified atom stereocenters. The van der Waals surface area contributed by atoms with Crippen molar-refractivity contribution in [2.45, 2.75) is 63.8 Å². The van der Waals surface area contributed by atoms with Gasteiger partial charge in [0.1, 0.15) is 12.2 Å². The zero-order valence-electron chi connectivity index (χ0n) is 15.0. The molecule has 128 valence electrons. The predicted molar refractivity (Wildman–Crippen MR) is 93.9 cm³/mol. The van der Waals surface area contributed by atoms with E-state index in [9.17, 15) is 4.79 Å². The molecule has 1 fully saturated rings. The molecule has 0 N–H and O–H groups in total. The lowest BCUT2D eigenvalue weighted by Crippen LogP contribution is -2.41. The molecule has 0 aliphatic carbocycles. The minimum atomic E-state index is -1.72. The summed E-state index contributed by atoms with van der Waals surface area (Å²) in [6, 6.07) is 3.90. The Morgan fingerprint density at radius 1 is 1.39 bits per heavy atom. The number of hydrogen-bond acceptors (Lipinski definition) is 4. The molecule has 1 aliphatic heterocycles. The van der Waals surface area contributed by atoms with Gasteiger partial charge in [0.05, 0.1) is 0 Å². The van der Waals surface area contributed by atoms with Crippen molar-refractivity contribution in [3.05, 3.63) is 30.1 Å². The largest absolute Gasteiger partial charge is 0.417 e. The fourth-order valence-corrected chi connectivity index (χ4v) is 3.75. The number of ketones is 1. The normalized spacial score (nSPS) is 22.6. The van der Waals surface area contributed by atoms with Gasteiger partial charge in [-0.15, -0.1) is 0 Å². The summed E-state index contributed by atoms with van der Waals surface area (Å²) in [5, 5.41) is 0.216. The first kappa shape index (κ1) is 18.3. The van der Waals surface area contributed by atoms with Crippen LogP contribution in [0.5, 0.6) is 0 Å². The highest BCUT2D eigenvalue weighted by molar-refractivity contribution is 6.74. The van der Waals surface area contributed by atoms with Crippen LogP contribution in [0.2, 0.25) is 18.1 Å². The summed E-state index contributed by atoms with van der Waals surface area (Å²) < 4.78 is 12.1. The summed E-state index contributed by atoms with van der Waals surface area (Å²) >= 11 is 0. The highest BCUT2D eigenvalue weighted by atomic mass is 28.4. The molecule has 0 aromatic carbocycles. The predicted octanol–water partition coefficient (Wildman–Crippen LogP) is 4.07. The summed E-state index contributed by atoms with van der Waals surface area (Å²) in [6.45, 7) is 12.2. The van der Waals surface area contributed by atoms with Crippen molar-refractivity contribution in [1.82, 2.24) is 4.98 Å². The third-order valence-corrected chi connectivity index (χ3v) is 9.71. The van der Waals surface area contributed by atoms with Crippen molar-refractivity contribution in [1.29, 1.82) is 0 Å². The summed E-state index contributed by atoms with van der Waals surface area (Å²) in [7, 11) is -1.72. The van der Waals surface area contributed by atoms with Gasteiger partial charge in [0, 0.05) is 31.0 Å². The Bertz CT molecular complexity index is 539. The van der Waals surface area contributed by atoms with E-state index in [1.807, 2.05) is 18.3 Å². The lowest BCUT2D eigenvalue weighted by molar-refractivity contribution is -0.117. The van der Waals surface area contributed by atoms with E-state index in [-0.39, 0.29) is 17.4 Å². The van der Waals surface area contributed by atoms with Crippen LogP contribution in [0.25, 0.3) is 0 Å². The molecule has 1 aromatic heterocycles. The fraction of sp³-hybridized carbons (Fsp3) is 0.667. The van der Waals surface area contributed by atoms with E-state index in [0.29, 0.717) is 6.42 Å². The summed E-state index contributed by atoms with van der Waals surface area (Å²) in [4.78, 5) is 16.0. The summed E-state index contributed by atoms with van der Waals surface area (Å²) in [5.41, 5.74) is 0.487. The Balaban J connectivity index is 1.98. The van der Waals surface area contributed by atoms with Gasteiger partial charge in [-0.25, -0.2) is 0 Å². The molecule has 0 radical (unpaired) electrons. The van der Waals surface area contributed by atoms with Crippen LogP contribution in [-0.4, -0.2) is 32.3 Å². The lowest BCUT2D eigenvalue weighted by atomic mass is 9.87. The van der Waals surface area contributed by atoms with Gasteiger partial charge in [-0.2, -0.15) is 0 Å². The smallest absolute Gasteiger partial charge is 0.191 e. The van der Waals surface area contributed by atoms with Crippen molar-refractivity contribution in [2.24, 2.45) is 0 Å². The molecule has 2 heterocycles. The second-order valence-electron chi connectivity index (χ2n) is 7.95. The van der Waals surface area contributed by atoms with Crippen LogP contribution in [-0.2, 0) is 19.6 Å². The Kier molecular flexibility index (Phi) is 5.43. The lowest BCUT2D eigenvalue weighted by Gasteiger charge is -2.36. The van der Waals surface area contributed by atoms with E-state index < -0.39 is 13.9 Å². The van der Waals surface area contributed by atoms with E-state index in [1.54, 1.807) is 6.20 Å². The number of rotatable bonds is 6. The Labute approximate surface area is 140 Å². The maximum absolute atomic E-state index is 11.8. The molecule has 0 amide bonds. The standard InChI is InChI=1S/C18H29NO3Si/c1-17(2,3)23(4,5)22-11-7-9-18(12-16(20)14-21-18)15-8-6-10-19-13-15/h6,8,10,13H,7,9,11-12,14H2,1-5H3. The molecule has 0 spiro atoms. The van der Waals surface area contributed by atoms with Gasteiger partial charge in [-0.1, -0.05) is 26.8 Å². The average Bonchev–Trinajstić information content (AvgIpc) is 2.86. The molecular formula is C18H29NO3Si. The maximum Gasteiger partial charge on any atom is 0.191 e. The fourth-order valence-electron chi connectivity index (χ4n) is 2.66. The maximum atomic E-state index is 11.8. The quantitative estimate of drug-likeness (QED) is 0.581. The van der Waals surface area contributed by atoms with E-state index in [4.69, 9.17) is 9.16 Å². The first-order valence-electron chi connectivity index (χ1n) is 8.36. The van der Waals surface area contributed by atoms with Crippen LogP contribution in [0.1, 0.15) is 45.6 Å². The van der Waals surface area contributed by atoms with E-state index in [2.05, 4.69) is 38.8 Å². The Morgan fingerprint density at radius 3 is 2.65 bits per heavy atom. The average molecular weight is 336 g/mol. The van der Waals surface area contributed by atoms with Crippen molar-refractivity contribution in [3.63, 3.8) is 0 Å². The van der Waals surface area contributed by atoms with Gasteiger partial charge >= 0.3 is 0 Å². The van der Waals surface area contributed by atoms with Crippen molar-refractivity contribution < 1.29 is 14.0 Å². The van der Waals surface area contributed by atoms with Crippen LogP contribution in [0, 0.1) is 0 Å². The second-order valence-corrected chi connectivity index (χ2v) is 12.8. The van der Waals surface area contributed by atoms with Crippen LogP contribution in [0.3, 0.4) is 0 Å². The number of aromatic nitrogens is 1. The van der Waals surface area contributed by atoms with Crippen molar-refractivity contribution in [3.8, 4) is 0 Å². The third kappa shape index (κ3) is 4.28. The van der Waals surface area contributed by atoms with Gasteiger partial charge in [-0.05, 0) is 37.0 Å². The zero-order chi connectivity index (χ0) is 17.1. The van der Waals surface area contributed by atoms with E-state index in [1.165, 1.54) is 0 Å². The van der Waals surface area contributed by atoms with Gasteiger partial charge in [0.2, 0.25) is 0 Å².